The fraction of sp³-hybridized carbons (Fsp3) is 0.600. The molecule has 0 heterocycles. The minimum Gasteiger partial charge on any atom is -0.504 e. The first-order valence-electron chi connectivity index (χ1n) is 8.93. The Bertz CT molecular complexity index is 570. The Morgan fingerprint density at radius 1 is 0.875 bits per heavy atom. The Kier molecular flexibility index (Phi) is 5.52. The van der Waals surface area contributed by atoms with E-state index < -0.39 is 17.5 Å². The summed E-state index contributed by atoms with van der Waals surface area (Å²) >= 11 is 0. The van der Waals surface area contributed by atoms with E-state index in [1.54, 1.807) is 7.11 Å². The number of ether oxygens (including phenoxy) is 1. The van der Waals surface area contributed by atoms with Gasteiger partial charge in [-0.15, -0.1) is 0 Å². The van der Waals surface area contributed by atoms with Gasteiger partial charge in [0.25, 0.3) is 0 Å². The maximum absolute atomic E-state index is 13.4. The molecule has 1 aromatic rings. The van der Waals surface area contributed by atoms with Crippen LogP contribution in [0.4, 0.5) is 13.2 Å². The summed E-state index contributed by atoms with van der Waals surface area (Å²) in [6.07, 6.45) is 10.6. The van der Waals surface area contributed by atoms with Gasteiger partial charge in [-0.3, -0.25) is 0 Å². The van der Waals surface area contributed by atoms with Crippen LogP contribution in [0, 0.1) is 29.3 Å². The lowest BCUT2D eigenvalue weighted by molar-refractivity contribution is 0.197. The molecular weight excluding hydrogens is 313 g/mol. The van der Waals surface area contributed by atoms with Crippen LogP contribution < -0.4 is 0 Å². The molecule has 0 spiro atoms. The van der Waals surface area contributed by atoms with Crippen LogP contribution in [0.5, 0.6) is 0 Å². The van der Waals surface area contributed by atoms with Gasteiger partial charge in [-0.1, -0.05) is 0 Å². The van der Waals surface area contributed by atoms with Crippen LogP contribution >= 0.6 is 0 Å². The van der Waals surface area contributed by atoms with E-state index in [1.807, 2.05) is 6.26 Å². The predicted octanol–water partition coefficient (Wildman–Crippen LogP) is 6.10. The lowest BCUT2D eigenvalue weighted by Gasteiger charge is -2.36. The van der Waals surface area contributed by atoms with Crippen LogP contribution in [0.25, 0.3) is 0 Å². The summed E-state index contributed by atoms with van der Waals surface area (Å²) < 4.78 is 45.1. The summed E-state index contributed by atoms with van der Waals surface area (Å²) in [4.78, 5) is 0. The third-order valence-corrected chi connectivity index (χ3v) is 5.87. The maximum Gasteiger partial charge on any atom is 0.194 e. The van der Waals surface area contributed by atoms with Crippen molar-refractivity contribution in [2.24, 2.45) is 11.8 Å². The average Bonchev–Trinajstić information content (AvgIpc) is 2.60. The second-order valence-corrected chi connectivity index (χ2v) is 7.26. The molecule has 2 saturated carbocycles. The van der Waals surface area contributed by atoms with E-state index in [2.05, 4.69) is 0 Å². The Morgan fingerprint density at radius 3 is 1.96 bits per heavy atom. The van der Waals surface area contributed by atoms with E-state index in [1.165, 1.54) is 30.5 Å². The predicted molar refractivity (Wildman–Crippen MR) is 88.1 cm³/mol. The molecular formula is C20H25F3O. The largest absolute Gasteiger partial charge is 0.504 e. The third-order valence-electron chi connectivity index (χ3n) is 5.87. The van der Waals surface area contributed by atoms with E-state index in [0.29, 0.717) is 11.5 Å². The summed E-state index contributed by atoms with van der Waals surface area (Å²) in [5, 5.41) is 0. The maximum atomic E-state index is 13.4. The van der Waals surface area contributed by atoms with Crippen LogP contribution in [-0.4, -0.2) is 7.11 Å². The number of hydrogen-bond donors (Lipinski definition) is 0. The average molecular weight is 338 g/mol. The molecule has 2 fully saturated rings. The second-order valence-electron chi connectivity index (χ2n) is 7.26. The highest BCUT2D eigenvalue weighted by Gasteiger charge is 2.30. The van der Waals surface area contributed by atoms with Gasteiger partial charge in [-0.2, -0.15) is 0 Å². The normalized spacial score (nSPS) is 27.8. The fourth-order valence-electron chi connectivity index (χ4n) is 4.50. The van der Waals surface area contributed by atoms with Crippen molar-refractivity contribution < 1.29 is 17.9 Å². The van der Waals surface area contributed by atoms with Crippen LogP contribution in [-0.2, 0) is 4.74 Å². The number of hydrogen-bond acceptors (Lipinski definition) is 1. The molecule has 0 unspecified atom stereocenters. The highest BCUT2D eigenvalue weighted by Crippen LogP contribution is 2.44. The van der Waals surface area contributed by atoms with E-state index in [9.17, 15) is 13.2 Å². The molecule has 2 aliphatic rings. The molecule has 0 aliphatic heterocycles. The molecule has 1 nitrogen and oxygen atoms in total. The molecule has 0 radical (unpaired) electrons. The molecule has 3 rings (SSSR count). The van der Waals surface area contributed by atoms with Crippen molar-refractivity contribution >= 4 is 0 Å². The van der Waals surface area contributed by atoms with Gasteiger partial charge in [0.2, 0.25) is 0 Å². The van der Waals surface area contributed by atoms with Crippen molar-refractivity contribution in [3.8, 4) is 0 Å². The van der Waals surface area contributed by atoms with Crippen LogP contribution in [0.2, 0.25) is 0 Å². The first-order chi connectivity index (χ1) is 11.6. The van der Waals surface area contributed by atoms with Crippen molar-refractivity contribution in [2.45, 2.75) is 57.3 Å². The van der Waals surface area contributed by atoms with Gasteiger partial charge in [0.1, 0.15) is 0 Å². The fourth-order valence-corrected chi connectivity index (χ4v) is 4.50. The third kappa shape index (κ3) is 3.79. The molecule has 132 valence electrons. The minimum absolute atomic E-state index is 0.151. The van der Waals surface area contributed by atoms with Gasteiger partial charge in [0, 0.05) is 0 Å². The first kappa shape index (κ1) is 17.4. The van der Waals surface area contributed by atoms with Crippen LogP contribution in [0.3, 0.4) is 0 Å². The molecule has 0 amide bonds. The highest BCUT2D eigenvalue weighted by molar-refractivity contribution is 5.23. The Hall–Kier alpha value is -1.45. The molecule has 2 aliphatic carbocycles. The summed E-state index contributed by atoms with van der Waals surface area (Å²) in [5.74, 6) is -1.90. The number of benzene rings is 1. The van der Waals surface area contributed by atoms with Gasteiger partial charge in [0.05, 0.1) is 13.4 Å². The van der Waals surface area contributed by atoms with Gasteiger partial charge in [0.15, 0.2) is 17.5 Å². The van der Waals surface area contributed by atoms with Crippen LogP contribution in [0.15, 0.2) is 24.0 Å². The number of rotatable bonds is 3. The van der Waals surface area contributed by atoms with E-state index in [-0.39, 0.29) is 5.92 Å². The minimum atomic E-state index is -1.37. The monoisotopic (exact) mass is 338 g/mol. The Morgan fingerprint density at radius 2 is 1.42 bits per heavy atom. The van der Waals surface area contributed by atoms with E-state index in [0.717, 1.165) is 44.4 Å². The SMILES string of the molecule is COC=C1CCC(C2CCC(c3cc(F)c(F)c(F)c3)CC2)CC1. The standard InChI is InChI=1S/C20H25F3O/c1-24-12-13-2-4-14(5-3-13)15-6-8-16(9-7-15)17-10-18(21)20(23)19(22)11-17/h10-12,14-16H,2-9H2,1H3. The lowest BCUT2D eigenvalue weighted by atomic mass is 9.69. The van der Waals surface area contributed by atoms with Gasteiger partial charge in [-0.05, 0) is 92.4 Å². The van der Waals surface area contributed by atoms with Crippen molar-refractivity contribution in [3.63, 3.8) is 0 Å². The molecule has 4 heteroatoms. The van der Waals surface area contributed by atoms with Crippen molar-refractivity contribution in [1.82, 2.24) is 0 Å². The molecule has 0 bridgehead atoms. The van der Waals surface area contributed by atoms with Gasteiger partial charge >= 0.3 is 0 Å². The summed E-state index contributed by atoms with van der Waals surface area (Å²) in [6, 6.07) is 2.34. The van der Waals surface area contributed by atoms with Crippen molar-refractivity contribution in [1.29, 1.82) is 0 Å². The van der Waals surface area contributed by atoms with Gasteiger partial charge in [-0.25, -0.2) is 13.2 Å². The zero-order valence-corrected chi connectivity index (χ0v) is 14.2. The first-order valence-corrected chi connectivity index (χ1v) is 8.93. The quantitative estimate of drug-likeness (QED) is 0.478. The Balaban J connectivity index is 1.56. The second kappa shape index (κ2) is 7.62. The summed E-state index contributed by atoms with van der Waals surface area (Å²) in [5.41, 5.74) is 2.01. The van der Waals surface area contributed by atoms with E-state index >= 15 is 0 Å². The van der Waals surface area contributed by atoms with Crippen LogP contribution in [0.1, 0.15) is 62.8 Å². The number of allylic oxidation sites excluding steroid dienone is 1. The van der Waals surface area contributed by atoms with Gasteiger partial charge < -0.3 is 4.74 Å². The molecule has 0 saturated heterocycles. The summed E-state index contributed by atoms with van der Waals surface area (Å²) in [7, 11) is 1.70. The molecule has 0 aromatic heterocycles. The summed E-state index contributed by atoms with van der Waals surface area (Å²) in [6.45, 7) is 0. The number of halogens is 3. The topological polar surface area (TPSA) is 9.23 Å². The highest BCUT2D eigenvalue weighted by atomic mass is 19.2. The number of methoxy groups -OCH3 is 1. The van der Waals surface area contributed by atoms with Crippen molar-refractivity contribution in [3.05, 3.63) is 47.0 Å². The molecule has 1 aromatic carbocycles. The zero-order valence-electron chi connectivity index (χ0n) is 14.2. The molecule has 0 N–H and O–H groups in total. The molecule has 0 atom stereocenters. The molecule has 24 heavy (non-hydrogen) atoms. The zero-order chi connectivity index (χ0) is 17.1. The Labute approximate surface area is 141 Å². The van der Waals surface area contributed by atoms with E-state index in [4.69, 9.17) is 4.74 Å². The van der Waals surface area contributed by atoms with Crippen molar-refractivity contribution in [2.75, 3.05) is 7.11 Å². The smallest absolute Gasteiger partial charge is 0.194 e. The lowest BCUT2D eigenvalue weighted by Crippen LogP contribution is -2.23.